The Morgan fingerprint density at radius 2 is 1.91 bits per heavy atom. The van der Waals surface area contributed by atoms with E-state index < -0.39 is 10.0 Å². The third-order valence-corrected chi connectivity index (χ3v) is 8.08. The van der Waals surface area contributed by atoms with E-state index in [4.69, 9.17) is 4.74 Å². The molecule has 2 aromatic carbocycles. The first-order valence-electron chi connectivity index (χ1n) is 11.3. The molecule has 1 saturated heterocycles. The van der Waals surface area contributed by atoms with E-state index in [-0.39, 0.29) is 23.8 Å². The van der Waals surface area contributed by atoms with Crippen LogP contribution in [0.4, 0.5) is 0 Å². The van der Waals surface area contributed by atoms with Crippen LogP contribution in [0, 0.1) is 13.8 Å². The molecule has 1 aromatic heterocycles. The van der Waals surface area contributed by atoms with E-state index in [2.05, 4.69) is 22.0 Å². The second kappa shape index (κ2) is 9.57. The van der Waals surface area contributed by atoms with Crippen LogP contribution < -0.4 is 9.46 Å². The number of hydrogen-bond donors (Lipinski definition) is 2. The zero-order valence-electron chi connectivity index (χ0n) is 19.3. The molecule has 1 fully saturated rings. The number of nitrogens with one attached hydrogen (secondary N) is 2. The summed E-state index contributed by atoms with van der Waals surface area (Å²) in [6, 6.07) is 11.3. The average molecular weight is 470 g/mol. The quantitative estimate of drug-likeness (QED) is 0.550. The van der Waals surface area contributed by atoms with Crippen LogP contribution in [0.5, 0.6) is 5.75 Å². The molecule has 8 heteroatoms. The van der Waals surface area contributed by atoms with Crippen molar-refractivity contribution < 1.29 is 17.9 Å². The number of H-pyrrole nitrogens is 1. The van der Waals surface area contributed by atoms with Crippen molar-refractivity contribution in [1.29, 1.82) is 0 Å². The van der Waals surface area contributed by atoms with Gasteiger partial charge in [0, 0.05) is 43.2 Å². The van der Waals surface area contributed by atoms with Gasteiger partial charge in [-0.05, 0) is 68.0 Å². The monoisotopic (exact) mass is 469 g/mol. The van der Waals surface area contributed by atoms with E-state index >= 15 is 0 Å². The van der Waals surface area contributed by atoms with Gasteiger partial charge in [0.15, 0.2) is 0 Å². The van der Waals surface area contributed by atoms with Crippen molar-refractivity contribution in [2.45, 2.75) is 43.9 Å². The largest absolute Gasteiger partial charge is 0.497 e. The van der Waals surface area contributed by atoms with E-state index in [1.54, 1.807) is 26.2 Å². The normalized spacial score (nSPS) is 15.2. The van der Waals surface area contributed by atoms with Gasteiger partial charge < -0.3 is 14.6 Å². The minimum absolute atomic E-state index is 0.0163. The maximum atomic E-state index is 12.7. The van der Waals surface area contributed by atoms with Gasteiger partial charge >= 0.3 is 0 Å². The number of aromatic amines is 1. The van der Waals surface area contributed by atoms with Gasteiger partial charge in [-0.25, -0.2) is 13.1 Å². The first-order valence-corrected chi connectivity index (χ1v) is 12.8. The molecular formula is C25H31N3O4S. The lowest BCUT2D eigenvalue weighted by molar-refractivity contribution is -0.132. The highest BCUT2D eigenvalue weighted by atomic mass is 32.2. The molecular weight excluding hydrogens is 438 g/mol. The fourth-order valence-electron chi connectivity index (χ4n) is 4.65. The van der Waals surface area contributed by atoms with Crippen LogP contribution in [0.15, 0.2) is 47.5 Å². The van der Waals surface area contributed by atoms with E-state index in [1.807, 2.05) is 30.0 Å². The molecule has 4 rings (SSSR count). The van der Waals surface area contributed by atoms with Crippen molar-refractivity contribution in [1.82, 2.24) is 14.6 Å². The standard InChI is InChI=1S/C25H31N3O4S/c1-17-4-7-24(18(2)14-17)33(30,31)27-11-8-25(29)28-12-9-19(10-13-28)22-16-26-23-6-5-20(32-3)15-21(22)23/h4-7,14-16,19,26-27H,8-13H2,1-3H3. The number of piperidine rings is 1. The summed E-state index contributed by atoms with van der Waals surface area (Å²) in [4.78, 5) is 18.1. The zero-order valence-corrected chi connectivity index (χ0v) is 20.2. The molecule has 0 spiro atoms. The second-order valence-corrected chi connectivity index (χ2v) is 10.5. The summed E-state index contributed by atoms with van der Waals surface area (Å²) in [5.41, 5.74) is 4.06. The third-order valence-electron chi connectivity index (χ3n) is 6.46. The smallest absolute Gasteiger partial charge is 0.240 e. The molecule has 33 heavy (non-hydrogen) atoms. The first-order chi connectivity index (χ1) is 15.8. The number of benzene rings is 2. The lowest BCUT2D eigenvalue weighted by Gasteiger charge is -2.32. The van der Waals surface area contributed by atoms with Gasteiger partial charge in [-0.2, -0.15) is 0 Å². The second-order valence-electron chi connectivity index (χ2n) is 8.73. The number of amides is 1. The zero-order chi connectivity index (χ0) is 23.6. The summed E-state index contributed by atoms with van der Waals surface area (Å²) in [5, 5.41) is 1.17. The molecule has 0 unspecified atom stereocenters. The number of carbonyl (C=O) groups excluding carboxylic acids is 1. The number of aryl methyl sites for hydroxylation is 2. The summed E-state index contributed by atoms with van der Waals surface area (Å²) < 4.78 is 33.1. The molecule has 1 aliphatic heterocycles. The molecule has 0 radical (unpaired) electrons. The molecule has 3 aromatic rings. The van der Waals surface area contributed by atoms with Gasteiger partial charge in [0.1, 0.15) is 5.75 Å². The van der Waals surface area contributed by atoms with Gasteiger partial charge in [0.25, 0.3) is 0 Å². The van der Waals surface area contributed by atoms with Crippen molar-refractivity contribution >= 4 is 26.8 Å². The van der Waals surface area contributed by atoms with E-state index in [1.165, 1.54) is 10.9 Å². The lowest BCUT2D eigenvalue weighted by atomic mass is 9.89. The fourth-order valence-corrected chi connectivity index (χ4v) is 5.91. The number of sulfonamides is 1. The van der Waals surface area contributed by atoms with E-state index in [9.17, 15) is 13.2 Å². The van der Waals surface area contributed by atoms with Gasteiger partial charge in [-0.15, -0.1) is 0 Å². The number of aromatic nitrogens is 1. The topological polar surface area (TPSA) is 91.5 Å². The molecule has 0 aliphatic carbocycles. The van der Waals surface area contributed by atoms with Gasteiger partial charge in [-0.1, -0.05) is 17.7 Å². The summed E-state index contributed by atoms with van der Waals surface area (Å²) in [5.74, 6) is 1.19. The fraction of sp³-hybridized carbons (Fsp3) is 0.400. The molecule has 7 nitrogen and oxygen atoms in total. The van der Waals surface area contributed by atoms with Crippen LogP contribution in [-0.4, -0.2) is 51.0 Å². The number of hydrogen-bond acceptors (Lipinski definition) is 4. The third kappa shape index (κ3) is 5.07. The Hall–Kier alpha value is -2.84. The maximum Gasteiger partial charge on any atom is 0.240 e. The van der Waals surface area contributed by atoms with Crippen LogP contribution >= 0.6 is 0 Å². The molecule has 1 amide bonds. The summed E-state index contributed by atoms with van der Waals surface area (Å²) in [6.45, 7) is 5.14. The molecule has 0 atom stereocenters. The highest BCUT2D eigenvalue weighted by molar-refractivity contribution is 7.89. The first kappa shape index (κ1) is 23.3. The molecule has 2 heterocycles. The predicted molar refractivity (Wildman–Crippen MR) is 129 cm³/mol. The number of likely N-dealkylation sites (tertiary alicyclic amines) is 1. The van der Waals surface area contributed by atoms with Crippen molar-refractivity contribution in [3.8, 4) is 5.75 Å². The maximum absolute atomic E-state index is 12.7. The van der Waals surface area contributed by atoms with Crippen LogP contribution in [-0.2, 0) is 14.8 Å². The minimum atomic E-state index is -3.63. The Kier molecular flexibility index (Phi) is 6.76. The Morgan fingerprint density at radius 1 is 1.15 bits per heavy atom. The Balaban J connectivity index is 1.31. The summed E-state index contributed by atoms with van der Waals surface area (Å²) in [7, 11) is -1.97. The van der Waals surface area contributed by atoms with Crippen LogP contribution in [0.25, 0.3) is 10.9 Å². The van der Waals surface area contributed by atoms with Crippen molar-refractivity contribution in [2.75, 3.05) is 26.7 Å². The molecule has 0 bridgehead atoms. The van der Waals surface area contributed by atoms with Crippen molar-refractivity contribution in [3.05, 3.63) is 59.3 Å². The van der Waals surface area contributed by atoms with Crippen molar-refractivity contribution in [2.24, 2.45) is 0 Å². The van der Waals surface area contributed by atoms with Crippen LogP contribution in [0.2, 0.25) is 0 Å². The summed E-state index contributed by atoms with van der Waals surface area (Å²) >= 11 is 0. The predicted octanol–water partition coefficient (Wildman–Crippen LogP) is 3.87. The lowest BCUT2D eigenvalue weighted by Crippen LogP contribution is -2.39. The summed E-state index contributed by atoms with van der Waals surface area (Å²) in [6.07, 6.45) is 3.97. The highest BCUT2D eigenvalue weighted by Gasteiger charge is 2.26. The SMILES string of the molecule is COc1ccc2[nH]cc(C3CCN(C(=O)CCNS(=O)(=O)c4ccc(C)cc4C)CC3)c2c1. The number of methoxy groups -OCH3 is 1. The minimum Gasteiger partial charge on any atom is -0.497 e. The number of fused-ring (bicyclic) bond motifs is 1. The molecule has 2 N–H and O–H groups in total. The van der Waals surface area contributed by atoms with E-state index in [0.29, 0.717) is 24.6 Å². The number of nitrogens with zero attached hydrogens (tertiary/aromatic N) is 1. The molecule has 176 valence electrons. The number of rotatable bonds is 7. The molecule has 1 aliphatic rings. The highest BCUT2D eigenvalue weighted by Crippen LogP contribution is 2.34. The number of carbonyl (C=O) groups is 1. The van der Waals surface area contributed by atoms with Crippen molar-refractivity contribution in [3.63, 3.8) is 0 Å². The van der Waals surface area contributed by atoms with Gasteiger partial charge in [0.2, 0.25) is 15.9 Å². The van der Waals surface area contributed by atoms with E-state index in [0.717, 1.165) is 29.7 Å². The average Bonchev–Trinajstić information content (AvgIpc) is 3.21. The molecule has 0 saturated carbocycles. The Labute approximate surface area is 195 Å². The number of ether oxygens (including phenoxy) is 1. The van der Waals surface area contributed by atoms with Crippen LogP contribution in [0.3, 0.4) is 0 Å². The van der Waals surface area contributed by atoms with Crippen LogP contribution in [0.1, 0.15) is 41.9 Å². The Bertz CT molecular complexity index is 1260. The Morgan fingerprint density at radius 3 is 2.61 bits per heavy atom. The van der Waals surface area contributed by atoms with Gasteiger partial charge in [-0.3, -0.25) is 4.79 Å². The van der Waals surface area contributed by atoms with Gasteiger partial charge in [0.05, 0.1) is 12.0 Å².